The molecule has 0 aliphatic heterocycles. The molecule has 1 aromatic heterocycles. The van der Waals surface area contributed by atoms with Gasteiger partial charge in [0.1, 0.15) is 0 Å². The zero-order valence-electron chi connectivity index (χ0n) is 16.5. The highest BCUT2D eigenvalue weighted by atomic mass is 35.5. The lowest BCUT2D eigenvalue weighted by atomic mass is 9.76. The summed E-state index contributed by atoms with van der Waals surface area (Å²) in [4.78, 5) is 18.7. The Morgan fingerprint density at radius 1 is 1.10 bits per heavy atom. The molecule has 3 nitrogen and oxygen atoms in total. The van der Waals surface area contributed by atoms with Crippen LogP contribution in [0.5, 0.6) is 0 Å². The number of aromatic amines is 2. The van der Waals surface area contributed by atoms with Crippen LogP contribution in [0.1, 0.15) is 54.3 Å². The maximum atomic E-state index is 12.7. The molecule has 0 atom stereocenters. The fraction of sp³-hybridized carbons (Fsp3) is 0.333. The summed E-state index contributed by atoms with van der Waals surface area (Å²) in [6.07, 6.45) is 12.4. The summed E-state index contributed by atoms with van der Waals surface area (Å²) in [5.41, 5.74) is 3.90. The summed E-state index contributed by atoms with van der Waals surface area (Å²) < 4.78 is 0.394. The Kier molecular flexibility index (Phi) is 7.84. The maximum Gasteiger partial charge on any atom is 0.255 e. The van der Waals surface area contributed by atoms with Crippen molar-refractivity contribution in [2.24, 2.45) is 0 Å². The van der Waals surface area contributed by atoms with E-state index in [0.29, 0.717) is 28.9 Å². The minimum atomic E-state index is -0.111. The normalized spacial score (nSPS) is 19.8. The summed E-state index contributed by atoms with van der Waals surface area (Å²) >= 11 is 10.9. The summed E-state index contributed by atoms with van der Waals surface area (Å²) in [5, 5.41) is 0. The van der Waals surface area contributed by atoms with Crippen molar-refractivity contribution >= 4 is 23.8 Å². The van der Waals surface area contributed by atoms with E-state index in [1.807, 2.05) is 24.3 Å². The molecule has 0 saturated heterocycles. The van der Waals surface area contributed by atoms with Crippen LogP contribution in [0.2, 0.25) is 0 Å². The zero-order chi connectivity index (χ0) is 20.6. The van der Waals surface area contributed by atoms with E-state index in [2.05, 4.69) is 46.9 Å². The third kappa shape index (κ3) is 5.91. The van der Waals surface area contributed by atoms with Gasteiger partial charge in [-0.3, -0.25) is 9.78 Å². The molecule has 152 valence electrons. The molecule has 0 radical (unpaired) electrons. The Bertz CT molecular complexity index is 996. The lowest BCUT2D eigenvalue weighted by molar-refractivity contribution is 0.389. The first-order valence-corrected chi connectivity index (χ1v) is 11.0. The number of benzene rings is 1. The molecule has 1 fully saturated rings. The van der Waals surface area contributed by atoms with E-state index in [9.17, 15) is 4.79 Å². The van der Waals surface area contributed by atoms with Crippen LogP contribution in [-0.2, 0) is 6.42 Å². The van der Waals surface area contributed by atoms with Crippen molar-refractivity contribution in [3.8, 4) is 0 Å². The molecule has 0 spiro atoms. The van der Waals surface area contributed by atoms with E-state index in [-0.39, 0.29) is 5.56 Å². The standard InChI is InChI=1S/C24H27ClN2OS/c1-17(8-4-3-7-15-25)16-21-22(26-24(29)27-23(21)28)20-13-11-19(12-14-20)18-9-5-2-6-10-18/h2-10,19-20H,1,11-16H2,(H2,26,27,28,29)/b7-3-,8-4-. The van der Waals surface area contributed by atoms with E-state index in [0.717, 1.165) is 42.5 Å². The molecule has 0 unspecified atom stereocenters. The van der Waals surface area contributed by atoms with Crippen LogP contribution < -0.4 is 5.56 Å². The van der Waals surface area contributed by atoms with Gasteiger partial charge >= 0.3 is 0 Å². The van der Waals surface area contributed by atoms with Crippen LogP contribution >= 0.6 is 23.8 Å². The van der Waals surface area contributed by atoms with Crippen molar-refractivity contribution in [1.82, 2.24) is 9.97 Å². The molecule has 0 bridgehead atoms. The molecule has 2 N–H and O–H groups in total. The predicted molar refractivity (Wildman–Crippen MR) is 124 cm³/mol. The second kappa shape index (κ2) is 10.6. The first kappa shape index (κ1) is 21.5. The topological polar surface area (TPSA) is 48.6 Å². The quantitative estimate of drug-likeness (QED) is 0.309. The van der Waals surface area contributed by atoms with Crippen molar-refractivity contribution in [3.05, 3.63) is 98.7 Å². The molecular formula is C24H27ClN2OS. The molecule has 1 aliphatic rings. The summed E-state index contributed by atoms with van der Waals surface area (Å²) in [7, 11) is 0. The van der Waals surface area contributed by atoms with Crippen LogP contribution in [0, 0.1) is 4.77 Å². The Balaban J connectivity index is 1.76. The molecule has 2 aromatic rings. The van der Waals surface area contributed by atoms with Gasteiger partial charge in [-0.05, 0) is 55.3 Å². The Morgan fingerprint density at radius 2 is 1.79 bits per heavy atom. The van der Waals surface area contributed by atoms with Gasteiger partial charge in [0.25, 0.3) is 5.56 Å². The third-order valence-corrected chi connectivity index (χ3v) is 5.94. The molecule has 3 rings (SSSR count). The smallest absolute Gasteiger partial charge is 0.255 e. The molecule has 1 saturated carbocycles. The van der Waals surface area contributed by atoms with Gasteiger partial charge in [0.15, 0.2) is 4.77 Å². The first-order valence-electron chi connectivity index (χ1n) is 10.1. The largest absolute Gasteiger partial charge is 0.335 e. The van der Waals surface area contributed by atoms with Crippen molar-refractivity contribution < 1.29 is 0 Å². The van der Waals surface area contributed by atoms with Gasteiger partial charge in [-0.25, -0.2) is 0 Å². The second-order valence-corrected chi connectivity index (χ2v) is 8.25. The van der Waals surface area contributed by atoms with Crippen LogP contribution in [0.4, 0.5) is 0 Å². The molecule has 1 aromatic carbocycles. The average Bonchev–Trinajstić information content (AvgIpc) is 2.74. The number of alkyl halides is 1. The maximum absolute atomic E-state index is 12.7. The summed E-state index contributed by atoms with van der Waals surface area (Å²) in [5.74, 6) is 1.39. The van der Waals surface area contributed by atoms with E-state index < -0.39 is 0 Å². The lowest BCUT2D eigenvalue weighted by Gasteiger charge is -2.29. The van der Waals surface area contributed by atoms with Crippen LogP contribution in [0.15, 0.2) is 71.6 Å². The van der Waals surface area contributed by atoms with Crippen molar-refractivity contribution in [2.75, 3.05) is 5.88 Å². The number of hydrogen-bond acceptors (Lipinski definition) is 2. The number of nitrogens with one attached hydrogen (secondary N) is 2. The average molecular weight is 427 g/mol. The lowest BCUT2D eigenvalue weighted by Crippen LogP contribution is -2.22. The monoisotopic (exact) mass is 426 g/mol. The number of rotatable bonds is 7. The Morgan fingerprint density at radius 3 is 2.48 bits per heavy atom. The highest BCUT2D eigenvalue weighted by molar-refractivity contribution is 7.71. The highest BCUT2D eigenvalue weighted by Crippen LogP contribution is 2.40. The van der Waals surface area contributed by atoms with Gasteiger partial charge in [-0.2, -0.15) is 0 Å². The fourth-order valence-corrected chi connectivity index (χ4v) is 4.41. The summed E-state index contributed by atoms with van der Waals surface area (Å²) in [6, 6.07) is 10.7. The van der Waals surface area contributed by atoms with Gasteiger partial charge in [0, 0.05) is 23.6 Å². The second-order valence-electron chi connectivity index (χ2n) is 7.54. The van der Waals surface area contributed by atoms with E-state index >= 15 is 0 Å². The van der Waals surface area contributed by atoms with Crippen molar-refractivity contribution in [2.45, 2.75) is 43.9 Å². The van der Waals surface area contributed by atoms with Crippen LogP contribution in [-0.4, -0.2) is 15.8 Å². The number of allylic oxidation sites excluding steroid dienone is 5. The zero-order valence-corrected chi connectivity index (χ0v) is 18.1. The molecule has 29 heavy (non-hydrogen) atoms. The van der Waals surface area contributed by atoms with Gasteiger partial charge in [-0.15, -0.1) is 11.6 Å². The van der Waals surface area contributed by atoms with Crippen molar-refractivity contribution in [3.63, 3.8) is 0 Å². The van der Waals surface area contributed by atoms with Crippen LogP contribution in [0.3, 0.4) is 0 Å². The number of hydrogen-bond donors (Lipinski definition) is 2. The molecule has 1 aliphatic carbocycles. The van der Waals surface area contributed by atoms with E-state index in [1.54, 1.807) is 0 Å². The van der Waals surface area contributed by atoms with E-state index in [4.69, 9.17) is 23.8 Å². The third-order valence-electron chi connectivity index (χ3n) is 5.55. The fourth-order valence-electron chi connectivity index (χ4n) is 4.10. The number of aromatic nitrogens is 2. The van der Waals surface area contributed by atoms with Crippen LogP contribution in [0.25, 0.3) is 0 Å². The first-order chi connectivity index (χ1) is 14.1. The minimum absolute atomic E-state index is 0.111. The number of H-pyrrole nitrogens is 2. The van der Waals surface area contributed by atoms with Gasteiger partial charge in [0.05, 0.1) is 0 Å². The molecule has 5 heteroatoms. The van der Waals surface area contributed by atoms with E-state index in [1.165, 1.54) is 5.56 Å². The highest BCUT2D eigenvalue weighted by Gasteiger charge is 2.26. The molecular weight excluding hydrogens is 400 g/mol. The van der Waals surface area contributed by atoms with Gasteiger partial charge < -0.3 is 4.98 Å². The molecule has 1 heterocycles. The van der Waals surface area contributed by atoms with Gasteiger partial charge in [0.2, 0.25) is 0 Å². The predicted octanol–water partition coefficient (Wildman–Crippen LogP) is 6.32. The Labute approximate surface area is 182 Å². The Hall–Kier alpha value is -2.17. The van der Waals surface area contributed by atoms with Gasteiger partial charge in [-0.1, -0.05) is 66.8 Å². The van der Waals surface area contributed by atoms with Crippen molar-refractivity contribution in [1.29, 1.82) is 0 Å². The number of halogens is 1. The molecule has 0 amide bonds. The SMILES string of the molecule is C=C(/C=C\C=C/CCl)Cc1c(C2CCC(c3ccccc3)CC2)[nH]c(=S)[nH]c1=O. The summed E-state index contributed by atoms with van der Waals surface area (Å²) in [6.45, 7) is 4.10. The minimum Gasteiger partial charge on any atom is -0.335 e.